The maximum absolute atomic E-state index is 10.8. The second-order valence-electron chi connectivity index (χ2n) is 5.66. The first-order chi connectivity index (χ1) is 12.2. The van der Waals surface area contributed by atoms with Crippen molar-refractivity contribution >= 4 is 39.3 Å². The Morgan fingerprint density at radius 3 is 2.64 bits per heavy atom. The van der Waals surface area contributed by atoms with Crippen molar-refractivity contribution in [1.29, 1.82) is 0 Å². The lowest BCUT2D eigenvalue weighted by atomic mass is 10.0. The summed E-state index contributed by atoms with van der Waals surface area (Å²) >= 11 is 0. The van der Waals surface area contributed by atoms with Gasteiger partial charge in [-0.25, -0.2) is 9.98 Å². The van der Waals surface area contributed by atoms with E-state index in [0.29, 0.717) is 11.4 Å². The number of nitro groups is 1. The fourth-order valence-corrected chi connectivity index (χ4v) is 2.82. The molecule has 120 valence electrons. The molecule has 25 heavy (non-hydrogen) atoms. The van der Waals surface area contributed by atoms with E-state index in [4.69, 9.17) is 0 Å². The van der Waals surface area contributed by atoms with Gasteiger partial charge in [0.15, 0.2) is 5.82 Å². The average Bonchev–Trinajstić information content (AvgIpc) is 2.66. The third-order valence-corrected chi connectivity index (χ3v) is 4.04. The van der Waals surface area contributed by atoms with Crippen molar-refractivity contribution in [2.24, 2.45) is 4.99 Å². The van der Waals surface area contributed by atoms with Gasteiger partial charge in [-0.2, -0.15) is 0 Å². The SMILES string of the molecule is O=[N+]([O-])c1cccc(C=Nc2cc3c(ccc4ccccc43)cn2)c1. The van der Waals surface area contributed by atoms with Crippen LogP contribution in [0, 0.1) is 10.1 Å². The molecule has 5 heteroatoms. The average molecular weight is 327 g/mol. The summed E-state index contributed by atoms with van der Waals surface area (Å²) in [4.78, 5) is 19.2. The summed E-state index contributed by atoms with van der Waals surface area (Å²) in [6.45, 7) is 0. The van der Waals surface area contributed by atoms with E-state index < -0.39 is 4.92 Å². The molecular formula is C20H13N3O2. The molecule has 0 N–H and O–H groups in total. The summed E-state index contributed by atoms with van der Waals surface area (Å²) < 4.78 is 0. The van der Waals surface area contributed by atoms with Crippen LogP contribution in [-0.2, 0) is 0 Å². The zero-order chi connectivity index (χ0) is 17.2. The second-order valence-corrected chi connectivity index (χ2v) is 5.66. The molecule has 0 unspecified atom stereocenters. The number of benzene rings is 3. The maximum Gasteiger partial charge on any atom is 0.270 e. The lowest BCUT2D eigenvalue weighted by molar-refractivity contribution is -0.384. The summed E-state index contributed by atoms with van der Waals surface area (Å²) in [7, 11) is 0. The molecule has 0 aliphatic rings. The van der Waals surface area contributed by atoms with Gasteiger partial charge in [0.1, 0.15) is 0 Å². The van der Waals surface area contributed by atoms with E-state index in [1.807, 2.05) is 24.3 Å². The van der Waals surface area contributed by atoms with Crippen molar-refractivity contribution in [3.8, 4) is 0 Å². The van der Waals surface area contributed by atoms with Crippen LogP contribution in [0.2, 0.25) is 0 Å². The number of rotatable bonds is 3. The molecule has 4 rings (SSSR count). The molecule has 0 amide bonds. The molecule has 0 aliphatic heterocycles. The Bertz CT molecular complexity index is 1140. The highest BCUT2D eigenvalue weighted by Crippen LogP contribution is 2.27. The van der Waals surface area contributed by atoms with Crippen LogP contribution >= 0.6 is 0 Å². The molecule has 0 fully saturated rings. The minimum Gasteiger partial charge on any atom is -0.258 e. The highest BCUT2D eigenvalue weighted by Gasteiger charge is 2.05. The van der Waals surface area contributed by atoms with Crippen LogP contribution in [0.25, 0.3) is 21.5 Å². The van der Waals surface area contributed by atoms with E-state index in [9.17, 15) is 10.1 Å². The van der Waals surface area contributed by atoms with Crippen molar-refractivity contribution in [3.05, 3.63) is 88.6 Å². The zero-order valence-electron chi connectivity index (χ0n) is 13.2. The lowest BCUT2D eigenvalue weighted by Gasteiger charge is -2.04. The molecule has 0 bridgehead atoms. The Morgan fingerprint density at radius 1 is 0.920 bits per heavy atom. The van der Waals surface area contributed by atoms with Crippen molar-refractivity contribution in [3.63, 3.8) is 0 Å². The van der Waals surface area contributed by atoms with Crippen LogP contribution in [0.3, 0.4) is 0 Å². The van der Waals surface area contributed by atoms with Crippen molar-refractivity contribution in [2.75, 3.05) is 0 Å². The van der Waals surface area contributed by atoms with E-state index in [1.54, 1.807) is 24.5 Å². The van der Waals surface area contributed by atoms with Gasteiger partial charge in [-0.05, 0) is 27.8 Å². The zero-order valence-corrected chi connectivity index (χ0v) is 13.2. The second kappa shape index (κ2) is 6.13. The Labute approximate surface area is 143 Å². The summed E-state index contributed by atoms with van der Waals surface area (Å²) in [5, 5.41) is 15.3. The molecular weight excluding hydrogens is 314 g/mol. The highest BCUT2D eigenvalue weighted by atomic mass is 16.6. The van der Waals surface area contributed by atoms with Gasteiger partial charge in [-0.3, -0.25) is 10.1 Å². The van der Waals surface area contributed by atoms with Gasteiger partial charge in [0.2, 0.25) is 0 Å². The topological polar surface area (TPSA) is 68.4 Å². The lowest BCUT2D eigenvalue weighted by Crippen LogP contribution is -1.89. The van der Waals surface area contributed by atoms with Crippen molar-refractivity contribution < 1.29 is 4.92 Å². The van der Waals surface area contributed by atoms with E-state index in [0.717, 1.165) is 21.5 Å². The number of hydrogen-bond donors (Lipinski definition) is 0. The fourth-order valence-electron chi connectivity index (χ4n) is 2.82. The first-order valence-electron chi connectivity index (χ1n) is 7.77. The summed E-state index contributed by atoms with van der Waals surface area (Å²) in [5.41, 5.74) is 0.704. The molecule has 3 aromatic carbocycles. The van der Waals surface area contributed by atoms with Gasteiger partial charge in [0.05, 0.1) is 4.92 Å². The molecule has 5 nitrogen and oxygen atoms in total. The van der Waals surface area contributed by atoms with Crippen molar-refractivity contribution in [2.45, 2.75) is 0 Å². The molecule has 4 aromatic rings. The number of hydrogen-bond acceptors (Lipinski definition) is 4. The molecule has 0 aliphatic carbocycles. The van der Waals surface area contributed by atoms with E-state index in [1.165, 1.54) is 12.1 Å². The first-order valence-corrected chi connectivity index (χ1v) is 7.77. The Morgan fingerprint density at radius 2 is 1.76 bits per heavy atom. The molecule has 1 aromatic heterocycles. The maximum atomic E-state index is 10.8. The molecule has 1 heterocycles. The van der Waals surface area contributed by atoms with Crippen LogP contribution in [0.4, 0.5) is 11.5 Å². The summed E-state index contributed by atoms with van der Waals surface area (Å²) in [6.07, 6.45) is 3.38. The van der Waals surface area contributed by atoms with Crippen LogP contribution in [0.15, 0.2) is 77.9 Å². The number of pyridine rings is 1. The third-order valence-electron chi connectivity index (χ3n) is 4.04. The Kier molecular flexibility index (Phi) is 3.67. The predicted octanol–water partition coefficient (Wildman–Crippen LogP) is 5.05. The minimum absolute atomic E-state index is 0.0430. The number of nitro benzene ring substituents is 1. The monoisotopic (exact) mass is 327 g/mol. The third kappa shape index (κ3) is 2.95. The molecule has 0 spiro atoms. The summed E-state index contributed by atoms with van der Waals surface area (Å²) in [5.74, 6) is 0.565. The first kappa shape index (κ1) is 15.0. The summed E-state index contributed by atoms with van der Waals surface area (Å²) in [6, 6.07) is 20.6. The van der Waals surface area contributed by atoms with E-state index >= 15 is 0 Å². The number of aliphatic imine (C=N–C) groups is 1. The minimum atomic E-state index is -0.419. The number of nitrogens with zero attached hydrogens (tertiary/aromatic N) is 3. The van der Waals surface area contributed by atoms with Gasteiger partial charge >= 0.3 is 0 Å². The molecule has 0 atom stereocenters. The Hall–Kier alpha value is -3.60. The Balaban J connectivity index is 1.75. The molecule has 0 saturated heterocycles. The van der Waals surface area contributed by atoms with Gasteiger partial charge in [-0.15, -0.1) is 0 Å². The van der Waals surface area contributed by atoms with Gasteiger partial charge < -0.3 is 0 Å². The smallest absolute Gasteiger partial charge is 0.258 e. The fraction of sp³-hybridized carbons (Fsp3) is 0. The van der Waals surface area contributed by atoms with Crippen LogP contribution in [0.5, 0.6) is 0 Å². The molecule has 0 radical (unpaired) electrons. The van der Waals surface area contributed by atoms with Gasteiger partial charge in [0, 0.05) is 29.9 Å². The van der Waals surface area contributed by atoms with E-state index in [-0.39, 0.29) is 5.69 Å². The van der Waals surface area contributed by atoms with Crippen LogP contribution in [0.1, 0.15) is 5.56 Å². The van der Waals surface area contributed by atoms with Crippen LogP contribution < -0.4 is 0 Å². The van der Waals surface area contributed by atoms with Crippen LogP contribution in [-0.4, -0.2) is 16.1 Å². The highest BCUT2D eigenvalue weighted by molar-refractivity contribution is 6.07. The number of non-ortho nitro benzene ring substituents is 1. The normalized spacial score (nSPS) is 11.4. The quantitative estimate of drug-likeness (QED) is 0.229. The number of fused-ring (bicyclic) bond motifs is 3. The van der Waals surface area contributed by atoms with Gasteiger partial charge in [-0.1, -0.05) is 48.5 Å². The van der Waals surface area contributed by atoms with E-state index in [2.05, 4.69) is 28.2 Å². The number of aromatic nitrogens is 1. The standard InChI is InChI=1S/C20H13N3O2/c24-23(25)17-6-3-4-14(10-17)12-21-20-11-19-16(13-22-20)9-8-15-5-1-2-7-18(15)19/h1-13H. The van der Waals surface area contributed by atoms with Crippen molar-refractivity contribution in [1.82, 2.24) is 4.98 Å². The van der Waals surface area contributed by atoms with Gasteiger partial charge in [0.25, 0.3) is 5.69 Å². The molecule has 0 saturated carbocycles. The predicted molar refractivity (Wildman–Crippen MR) is 99.6 cm³/mol. The largest absolute Gasteiger partial charge is 0.270 e.